The lowest BCUT2D eigenvalue weighted by Crippen LogP contribution is -2.50. The third kappa shape index (κ3) is 3.65. The third-order valence-corrected chi connectivity index (χ3v) is 4.45. The van der Waals surface area contributed by atoms with Crippen molar-refractivity contribution in [2.45, 2.75) is 52.2 Å². The van der Waals surface area contributed by atoms with Crippen LogP contribution >= 0.6 is 0 Å². The Hall–Kier alpha value is -0.900. The zero-order chi connectivity index (χ0) is 15.3. The Morgan fingerprint density at radius 2 is 1.95 bits per heavy atom. The lowest BCUT2D eigenvalue weighted by molar-refractivity contribution is -0.127. The molecule has 2 rings (SSSR count). The second-order valence-corrected chi connectivity index (χ2v) is 5.96. The Morgan fingerprint density at radius 1 is 1.24 bits per heavy atom. The van der Waals surface area contributed by atoms with Gasteiger partial charge in [0, 0.05) is 32.7 Å². The van der Waals surface area contributed by atoms with E-state index >= 15 is 0 Å². The Balaban J connectivity index is 2.41. The van der Waals surface area contributed by atoms with Crippen molar-refractivity contribution in [3.05, 3.63) is 34.9 Å². The fourth-order valence-corrected chi connectivity index (χ4v) is 3.38. The first-order valence-electron chi connectivity index (χ1n) is 8.15. The molecule has 1 aromatic carbocycles. The molecule has 1 atom stereocenters. The van der Waals surface area contributed by atoms with E-state index in [-0.39, 0.29) is 11.6 Å². The molecule has 0 aromatic heterocycles. The minimum atomic E-state index is -0.151. The summed E-state index contributed by atoms with van der Waals surface area (Å²) in [6.45, 7) is 11.8. The van der Waals surface area contributed by atoms with Gasteiger partial charge < -0.3 is 14.8 Å². The summed E-state index contributed by atoms with van der Waals surface area (Å²) in [5.74, 6) is 0. The van der Waals surface area contributed by atoms with Gasteiger partial charge in [-0.15, -0.1) is 0 Å². The van der Waals surface area contributed by atoms with Crippen LogP contribution < -0.4 is 5.32 Å². The van der Waals surface area contributed by atoms with E-state index in [0.717, 1.165) is 39.2 Å². The van der Waals surface area contributed by atoms with Crippen molar-refractivity contribution in [3.63, 3.8) is 0 Å². The summed E-state index contributed by atoms with van der Waals surface area (Å²) in [7, 11) is 0. The van der Waals surface area contributed by atoms with E-state index in [9.17, 15) is 0 Å². The van der Waals surface area contributed by atoms with Gasteiger partial charge in [0.2, 0.25) is 0 Å². The van der Waals surface area contributed by atoms with E-state index in [1.807, 2.05) is 0 Å². The molecule has 1 aliphatic rings. The second-order valence-electron chi connectivity index (χ2n) is 5.96. The number of ether oxygens (including phenoxy) is 2. The topological polar surface area (TPSA) is 30.5 Å². The molecular weight excluding hydrogens is 262 g/mol. The Labute approximate surface area is 129 Å². The molecule has 3 nitrogen and oxygen atoms in total. The van der Waals surface area contributed by atoms with Crippen LogP contribution in [0, 0.1) is 13.8 Å². The highest BCUT2D eigenvalue weighted by Crippen LogP contribution is 2.39. The summed E-state index contributed by atoms with van der Waals surface area (Å²) < 4.78 is 11.9. The SMILES string of the molecule is CCNC(c1cc(C)ccc1C)C1(OCC)CCOCC1. The number of nitrogens with one attached hydrogen (secondary N) is 1. The van der Waals surface area contributed by atoms with Gasteiger partial charge in [0.15, 0.2) is 0 Å². The lowest BCUT2D eigenvalue weighted by Gasteiger charge is -2.44. The predicted molar refractivity (Wildman–Crippen MR) is 86.7 cm³/mol. The molecular formula is C18H29NO2. The Kier molecular flexibility index (Phi) is 5.80. The minimum absolute atomic E-state index is 0.151. The standard InChI is InChI=1S/C18H29NO2/c1-5-19-17(16-13-14(3)7-8-15(16)4)18(21-6-2)9-11-20-12-10-18/h7-8,13,17,19H,5-6,9-12H2,1-4H3. The van der Waals surface area contributed by atoms with Gasteiger partial charge in [-0.2, -0.15) is 0 Å². The molecule has 1 saturated heterocycles. The Morgan fingerprint density at radius 3 is 2.57 bits per heavy atom. The van der Waals surface area contributed by atoms with E-state index in [0.29, 0.717) is 0 Å². The highest BCUT2D eigenvalue weighted by atomic mass is 16.5. The predicted octanol–water partition coefficient (Wildman–Crippen LogP) is 3.54. The number of hydrogen-bond acceptors (Lipinski definition) is 3. The smallest absolute Gasteiger partial charge is 0.0919 e. The molecule has 0 aliphatic carbocycles. The fourth-order valence-electron chi connectivity index (χ4n) is 3.38. The molecule has 1 fully saturated rings. The molecule has 0 bridgehead atoms. The number of benzene rings is 1. The van der Waals surface area contributed by atoms with Crippen LogP contribution in [0.5, 0.6) is 0 Å². The van der Waals surface area contributed by atoms with Crippen molar-refractivity contribution in [2.24, 2.45) is 0 Å². The maximum absolute atomic E-state index is 6.29. The van der Waals surface area contributed by atoms with Crippen LogP contribution in [0.2, 0.25) is 0 Å². The molecule has 1 aliphatic heterocycles. The monoisotopic (exact) mass is 291 g/mol. The van der Waals surface area contributed by atoms with Crippen LogP contribution in [0.4, 0.5) is 0 Å². The zero-order valence-corrected chi connectivity index (χ0v) is 13.9. The van der Waals surface area contributed by atoms with Gasteiger partial charge in [-0.05, 0) is 38.4 Å². The molecule has 0 spiro atoms. The van der Waals surface area contributed by atoms with Gasteiger partial charge in [0.25, 0.3) is 0 Å². The molecule has 118 valence electrons. The molecule has 21 heavy (non-hydrogen) atoms. The number of rotatable bonds is 6. The van der Waals surface area contributed by atoms with E-state index in [1.54, 1.807) is 0 Å². The summed E-state index contributed by atoms with van der Waals surface area (Å²) in [5.41, 5.74) is 3.85. The van der Waals surface area contributed by atoms with Gasteiger partial charge in [-0.3, -0.25) is 0 Å². The summed E-state index contributed by atoms with van der Waals surface area (Å²) in [6.07, 6.45) is 1.90. The van der Waals surface area contributed by atoms with Crippen molar-refractivity contribution < 1.29 is 9.47 Å². The first-order valence-corrected chi connectivity index (χ1v) is 8.15. The van der Waals surface area contributed by atoms with Crippen molar-refractivity contribution >= 4 is 0 Å². The van der Waals surface area contributed by atoms with Gasteiger partial charge in [0.1, 0.15) is 0 Å². The molecule has 3 heteroatoms. The van der Waals surface area contributed by atoms with Crippen LogP contribution in [0.15, 0.2) is 18.2 Å². The maximum Gasteiger partial charge on any atom is 0.0919 e. The van der Waals surface area contributed by atoms with Crippen molar-refractivity contribution in [3.8, 4) is 0 Å². The van der Waals surface area contributed by atoms with E-state index < -0.39 is 0 Å². The first-order chi connectivity index (χ1) is 10.1. The van der Waals surface area contributed by atoms with Crippen LogP contribution in [-0.2, 0) is 9.47 Å². The second kappa shape index (κ2) is 7.39. The van der Waals surface area contributed by atoms with Crippen LogP contribution in [-0.4, -0.2) is 32.0 Å². The Bertz CT molecular complexity index is 447. The molecule has 1 N–H and O–H groups in total. The summed E-state index contributed by atoms with van der Waals surface area (Å²) >= 11 is 0. The first kappa shape index (κ1) is 16.5. The lowest BCUT2D eigenvalue weighted by atomic mass is 9.80. The van der Waals surface area contributed by atoms with Crippen molar-refractivity contribution in [1.82, 2.24) is 5.32 Å². The summed E-state index contributed by atoms with van der Waals surface area (Å²) in [4.78, 5) is 0. The van der Waals surface area contributed by atoms with E-state index in [2.05, 4.69) is 51.2 Å². The molecule has 0 saturated carbocycles. The van der Waals surface area contributed by atoms with E-state index in [1.165, 1.54) is 16.7 Å². The third-order valence-electron chi connectivity index (χ3n) is 4.45. The largest absolute Gasteiger partial charge is 0.381 e. The zero-order valence-electron chi connectivity index (χ0n) is 13.9. The molecule has 0 radical (unpaired) electrons. The molecule has 1 unspecified atom stereocenters. The average molecular weight is 291 g/mol. The van der Waals surface area contributed by atoms with Crippen molar-refractivity contribution in [1.29, 1.82) is 0 Å². The van der Waals surface area contributed by atoms with Crippen LogP contribution in [0.1, 0.15) is 49.4 Å². The average Bonchev–Trinajstić information content (AvgIpc) is 2.49. The number of likely N-dealkylation sites (N-methyl/N-ethyl adjacent to an activating group) is 1. The highest BCUT2D eigenvalue weighted by Gasteiger charge is 2.42. The van der Waals surface area contributed by atoms with Crippen molar-refractivity contribution in [2.75, 3.05) is 26.4 Å². The molecule has 1 aromatic rings. The maximum atomic E-state index is 6.29. The normalized spacial score (nSPS) is 19.4. The van der Waals surface area contributed by atoms with Crippen LogP contribution in [0.25, 0.3) is 0 Å². The summed E-state index contributed by atoms with van der Waals surface area (Å²) in [5, 5.41) is 3.68. The van der Waals surface area contributed by atoms with E-state index in [4.69, 9.17) is 9.47 Å². The van der Waals surface area contributed by atoms with Gasteiger partial charge in [-0.25, -0.2) is 0 Å². The molecule has 0 amide bonds. The fraction of sp³-hybridized carbons (Fsp3) is 0.667. The number of hydrogen-bond donors (Lipinski definition) is 1. The van der Waals surface area contributed by atoms with Gasteiger partial charge >= 0.3 is 0 Å². The minimum Gasteiger partial charge on any atom is -0.381 e. The quantitative estimate of drug-likeness (QED) is 0.869. The van der Waals surface area contributed by atoms with Gasteiger partial charge in [0.05, 0.1) is 11.6 Å². The summed E-state index contributed by atoms with van der Waals surface area (Å²) in [6, 6.07) is 6.93. The molecule has 1 heterocycles. The highest BCUT2D eigenvalue weighted by molar-refractivity contribution is 5.35. The van der Waals surface area contributed by atoms with Crippen LogP contribution in [0.3, 0.4) is 0 Å². The van der Waals surface area contributed by atoms with Gasteiger partial charge in [-0.1, -0.05) is 30.7 Å². The number of aryl methyl sites for hydroxylation is 2.